The highest BCUT2D eigenvalue weighted by atomic mass is 32.2. The largest absolute Gasteiger partial charge is 0.329 e. The van der Waals surface area contributed by atoms with Crippen LogP contribution in [0, 0.1) is 11.3 Å². The SMILES string of the molecule is N#Cc1cccc(C[NH+]2CCN(S(=O)(=O)/C=C/c3ccccc3)CC2)c1. The van der Waals surface area contributed by atoms with Crippen LogP contribution in [0.4, 0.5) is 0 Å². The van der Waals surface area contributed by atoms with E-state index in [2.05, 4.69) is 6.07 Å². The monoisotopic (exact) mass is 368 g/mol. The van der Waals surface area contributed by atoms with Gasteiger partial charge in [-0.2, -0.15) is 9.57 Å². The van der Waals surface area contributed by atoms with Crippen molar-refractivity contribution >= 4 is 16.1 Å². The van der Waals surface area contributed by atoms with Gasteiger partial charge in [-0.25, -0.2) is 8.42 Å². The second-order valence-electron chi connectivity index (χ2n) is 6.40. The summed E-state index contributed by atoms with van der Waals surface area (Å²) in [5.41, 5.74) is 2.64. The van der Waals surface area contributed by atoms with Crippen LogP contribution in [-0.2, 0) is 16.6 Å². The minimum absolute atomic E-state index is 0.509. The van der Waals surface area contributed by atoms with Gasteiger partial charge in [0.05, 0.1) is 37.8 Å². The van der Waals surface area contributed by atoms with Crippen LogP contribution in [0.3, 0.4) is 0 Å². The normalized spacial score (nSPS) is 16.6. The van der Waals surface area contributed by atoms with Crippen molar-refractivity contribution in [3.8, 4) is 6.07 Å². The Morgan fingerprint density at radius 2 is 1.81 bits per heavy atom. The molecule has 0 spiro atoms. The first kappa shape index (κ1) is 18.3. The van der Waals surface area contributed by atoms with E-state index in [0.717, 1.165) is 30.8 Å². The lowest BCUT2D eigenvalue weighted by molar-refractivity contribution is -0.917. The topological polar surface area (TPSA) is 65.6 Å². The van der Waals surface area contributed by atoms with E-state index in [-0.39, 0.29) is 0 Å². The van der Waals surface area contributed by atoms with Gasteiger partial charge in [0, 0.05) is 11.0 Å². The molecule has 1 fully saturated rings. The zero-order valence-electron chi connectivity index (χ0n) is 14.5. The van der Waals surface area contributed by atoms with Crippen LogP contribution in [0.25, 0.3) is 6.08 Å². The van der Waals surface area contributed by atoms with E-state index >= 15 is 0 Å². The van der Waals surface area contributed by atoms with Crippen LogP contribution in [0.2, 0.25) is 0 Å². The Labute approximate surface area is 154 Å². The Morgan fingerprint density at radius 1 is 1.08 bits per heavy atom. The van der Waals surface area contributed by atoms with Crippen LogP contribution in [-0.4, -0.2) is 38.9 Å². The van der Waals surface area contributed by atoms with Crippen LogP contribution in [0.5, 0.6) is 0 Å². The highest BCUT2D eigenvalue weighted by molar-refractivity contribution is 7.92. The summed E-state index contributed by atoms with van der Waals surface area (Å²) in [6, 6.07) is 19.2. The maximum atomic E-state index is 12.5. The molecule has 0 aliphatic carbocycles. The molecule has 26 heavy (non-hydrogen) atoms. The van der Waals surface area contributed by atoms with Gasteiger partial charge < -0.3 is 4.90 Å². The van der Waals surface area contributed by atoms with Crippen molar-refractivity contribution in [3.63, 3.8) is 0 Å². The lowest BCUT2D eigenvalue weighted by Crippen LogP contribution is -3.13. The Hall–Kier alpha value is -2.46. The third-order valence-corrected chi connectivity index (χ3v) is 6.10. The van der Waals surface area contributed by atoms with E-state index in [1.54, 1.807) is 16.4 Å². The number of hydrogen-bond acceptors (Lipinski definition) is 3. The van der Waals surface area contributed by atoms with Gasteiger partial charge in [0.1, 0.15) is 6.54 Å². The van der Waals surface area contributed by atoms with Gasteiger partial charge in [-0.05, 0) is 23.8 Å². The van der Waals surface area contributed by atoms with E-state index in [1.807, 2.05) is 48.5 Å². The molecule has 0 atom stereocenters. The molecule has 1 aliphatic heterocycles. The molecular weight excluding hydrogens is 346 g/mol. The fourth-order valence-electron chi connectivity index (χ4n) is 3.09. The lowest BCUT2D eigenvalue weighted by atomic mass is 10.1. The van der Waals surface area contributed by atoms with E-state index in [1.165, 1.54) is 10.3 Å². The number of piperazine rings is 1. The molecule has 1 N–H and O–H groups in total. The van der Waals surface area contributed by atoms with Crippen LogP contribution in [0.15, 0.2) is 60.0 Å². The fraction of sp³-hybridized carbons (Fsp3) is 0.250. The Morgan fingerprint density at radius 3 is 2.50 bits per heavy atom. The number of benzene rings is 2. The predicted octanol–water partition coefficient (Wildman–Crippen LogP) is 1.26. The number of hydrogen-bond donors (Lipinski definition) is 1. The molecule has 0 bridgehead atoms. The van der Waals surface area contributed by atoms with Crippen molar-refractivity contribution in [2.24, 2.45) is 0 Å². The zero-order valence-corrected chi connectivity index (χ0v) is 15.3. The Kier molecular flexibility index (Phi) is 5.84. The van der Waals surface area contributed by atoms with Crippen molar-refractivity contribution in [2.75, 3.05) is 26.2 Å². The molecule has 0 radical (unpaired) electrons. The van der Waals surface area contributed by atoms with Crippen molar-refractivity contribution in [1.29, 1.82) is 5.26 Å². The fourth-order valence-corrected chi connectivity index (χ4v) is 4.28. The molecular formula is C20H22N3O2S+. The van der Waals surface area contributed by atoms with E-state index in [4.69, 9.17) is 5.26 Å². The zero-order chi connectivity index (χ0) is 18.4. The maximum absolute atomic E-state index is 12.5. The van der Waals surface area contributed by atoms with Crippen molar-refractivity contribution in [2.45, 2.75) is 6.54 Å². The molecule has 5 nitrogen and oxygen atoms in total. The van der Waals surface area contributed by atoms with Gasteiger partial charge in [-0.3, -0.25) is 0 Å². The van der Waals surface area contributed by atoms with Gasteiger partial charge in [0.15, 0.2) is 0 Å². The third-order valence-electron chi connectivity index (χ3n) is 4.53. The summed E-state index contributed by atoms with van der Waals surface area (Å²) < 4.78 is 26.5. The van der Waals surface area contributed by atoms with E-state index in [9.17, 15) is 8.42 Å². The van der Waals surface area contributed by atoms with Gasteiger partial charge in [-0.1, -0.05) is 42.5 Å². The number of nitriles is 1. The Balaban J connectivity index is 1.57. The molecule has 0 saturated carbocycles. The van der Waals surface area contributed by atoms with E-state index in [0.29, 0.717) is 18.7 Å². The first-order valence-corrected chi connectivity index (χ1v) is 10.1. The molecule has 6 heteroatoms. The number of sulfonamides is 1. The second kappa shape index (κ2) is 8.28. The molecule has 0 unspecified atom stereocenters. The van der Waals surface area contributed by atoms with Gasteiger partial charge in [0.2, 0.25) is 10.0 Å². The standard InChI is InChI=1S/C20H21N3O2S/c21-16-19-7-4-8-20(15-19)17-22-10-12-23(13-11-22)26(24,25)14-9-18-5-2-1-3-6-18/h1-9,14-15H,10-13,17H2/p+1/b14-9+. The number of nitrogens with zero attached hydrogens (tertiary/aromatic N) is 2. The van der Waals surface area contributed by atoms with Crippen LogP contribution < -0.4 is 4.90 Å². The van der Waals surface area contributed by atoms with Crippen LogP contribution >= 0.6 is 0 Å². The average molecular weight is 368 g/mol. The summed E-state index contributed by atoms with van der Waals surface area (Å²) in [5, 5.41) is 10.3. The van der Waals surface area contributed by atoms with Gasteiger partial charge in [-0.15, -0.1) is 0 Å². The van der Waals surface area contributed by atoms with Gasteiger partial charge >= 0.3 is 0 Å². The number of quaternary nitrogens is 1. The molecule has 1 heterocycles. The molecule has 1 aliphatic rings. The number of rotatable bonds is 5. The quantitative estimate of drug-likeness (QED) is 0.864. The minimum atomic E-state index is -3.39. The predicted molar refractivity (Wildman–Crippen MR) is 102 cm³/mol. The summed E-state index contributed by atoms with van der Waals surface area (Å²) in [5.74, 6) is 0. The molecule has 0 aromatic heterocycles. The minimum Gasteiger partial charge on any atom is -0.329 e. The first-order valence-electron chi connectivity index (χ1n) is 8.63. The maximum Gasteiger partial charge on any atom is 0.236 e. The summed E-state index contributed by atoms with van der Waals surface area (Å²) in [6.07, 6.45) is 1.64. The molecule has 2 aromatic carbocycles. The summed E-state index contributed by atoms with van der Waals surface area (Å²) in [4.78, 5) is 1.33. The lowest BCUT2D eigenvalue weighted by Gasteiger charge is -2.30. The molecule has 2 aromatic rings. The van der Waals surface area contributed by atoms with Crippen molar-refractivity contribution in [1.82, 2.24) is 4.31 Å². The van der Waals surface area contributed by atoms with Crippen molar-refractivity contribution < 1.29 is 13.3 Å². The first-order chi connectivity index (χ1) is 12.6. The molecule has 134 valence electrons. The second-order valence-corrected chi connectivity index (χ2v) is 8.21. The average Bonchev–Trinajstić information content (AvgIpc) is 2.68. The smallest absolute Gasteiger partial charge is 0.236 e. The van der Waals surface area contributed by atoms with Crippen molar-refractivity contribution in [3.05, 3.63) is 76.7 Å². The number of nitrogens with one attached hydrogen (secondary N) is 1. The van der Waals surface area contributed by atoms with Gasteiger partial charge in [0.25, 0.3) is 0 Å². The Bertz CT molecular complexity index is 910. The molecule has 1 saturated heterocycles. The van der Waals surface area contributed by atoms with E-state index < -0.39 is 10.0 Å². The van der Waals surface area contributed by atoms with Crippen LogP contribution in [0.1, 0.15) is 16.7 Å². The highest BCUT2D eigenvalue weighted by Crippen LogP contribution is 2.09. The third kappa shape index (κ3) is 4.79. The molecule has 0 amide bonds. The summed E-state index contributed by atoms with van der Waals surface area (Å²) in [7, 11) is -3.39. The molecule has 3 rings (SSSR count). The summed E-state index contributed by atoms with van der Waals surface area (Å²) >= 11 is 0. The summed E-state index contributed by atoms with van der Waals surface area (Å²) in [6.45, 7) is 3.34. The highest BCUT2D eigenvalue weighted by Gasteiger charge is 2.27.